The molecule has 1 aliphatic rings. The lowest BCUT2D eigenvalue weighted by molar-refractivity contribution is -0.319. The van der Waals surface area contributed by atoms with Crippen molar-refractivity contribution >= 4 is 12.4 Å². The molecule has 2 rings (SSSR count). The number of fused-ring (bicyclic) bond motifs is 1. The monoisotopic (exact) mass is 134 g/mol. The SMILES string of the molecule is O=[N+]1C=c2cncnc2=C1. The molecule has 1 aliphatic heterocycles. The number of nitrogens with zero attached hydrogens (tertiary/aromatic N) is 3. The van der Waals surface area contributed by atoms with Gasteiger partial charge in [0, 0.05) is 11.1 Å². The molecule has 4 heteroatoms. The molecule has 1 aromatic rings. The average Bonchev–Trinajstić information content (AvgIpc) is 2.27. The van der Waals surface area contributed by atoms with E-state index in [1.54, 1.807) is 6.20 Å². The number of hydrogen-bond acceptors (Lipinski definition) is 3. The van der Waals surface area contributed by atoms with Crippen LogP contribution in [-0.4, -0.2) is 14.7 Å². The van der Waals surface area contributed by atoms with E-state index < -0.39 is 0 Å². The molecule has 0 saturated carbocycles. The number of aromatic nitrogens is 2. The van der Waals surface area contributed by atoms with Crippen LogP contribution in [0.2, 0.25) is 0 Å². The van der Waals surface area contributed by atoms with Gasteiger partial charge in [0.15, 0.2) is 0 Å². The molecule has 2 heterocycles. The third-order valence-corrected chi connectivity index (χ3v) is 1.29. The smallest absolute Gasteiger partial charge is 0.244 e. The van der Waals surface area contributed by atoms with Crippen molar-refractivity contribution in [3.8, 4) is 0 Å². The van der Waals surface area contributed by atoms with Crippen LogP contribution in [0.15, 0.2) is 12.5 Å². The number of hydrogen-bond donors (Lipinski definition) is 0. The fourth-order valence-corrected chi connectivity index (χ4v) is 0.852. The van der Waals surface area contributed by atoms with Crippen LogP contribution in [0.4, 0.5) is 0 Å². The van der Waals surface area contributed by atoms with Gasteiger partial charge in [-0.05, 0) is 0 Å². The third-order valence-electron chi connectivity index (χ3n) is 1.29. The highest BCUT2D eigenvalue weighted by Crippen LogP contribution is 1.78. The second-order valence-corrected chi connectivity index (χ2v) is 1.98. The molecule has 0 amide bonds. The first-order valence-electron chi connectivity index (χ1n) is 2.81. The summed E-state index contributed by atoms with van der Waals surface area (Å²) in [5, 5.41) is 1.46. The fourth-order valence-electron chi connectivity index (χ4n) is 0.852. The van der Waals surface area contributed by atoms with Gasteiger partial charge < -0.3 is 0 Å². The first-order valence-corrected chi connectivity index (χ1v) is 2.81. The van der Waals surface area contributed by atoms with Gasteiger partial charge >= 0.3 is 0 Å². The Morgan fingerprint density at radius 1 is 1.40 bits per heavy atom. The van der Waals surface area contributed by atoms with Gasteiger partial charge in [0.2, 0.25) is 6.20 Å². The maximum Gasteiger partial charge on any atom is 0.254 e. The topological polar surface area (TPSA) is 45.9 Å². The molecule has 0 aliphatic carbocycles. The predicted octanol–water partition coefficient (Wildman–Crippen LogP) is -1.25. The van der Waals surface area contributed by atoms with E-state index in [1.165, 1.54) is 18.7 Å². The van der Waals surface area contributed by atoms with Gasteiger partial charge in [-0.3, -0.25) is 0 Å². The lowest BCUT2D eigenvalue weighted by atomic mass is 10.5. The van der Waals surface area contributed by atoms with Crippen LogP contribution >= 0.6 is 0 Å². The molecule has 0 N–H and O–H groups in total. The average molecular weight is 134 g/mol. The van der Waals surface area contributed by atoms with E-state index in [4.69, 9.17) is 0 Å². The van der Waals surface area contributed by atoms with Gasteiger partial charge in [0.05, 0.1) is 9.98 Å². The molecule has 0 fully saturated rings. The van der Waals surface area contributed by atoms with Crippen molar-refractivity contribution in [3.63, 3.8) is 0 Å². The van der Waals surface area contributed by atoms with Crippen LogP contribution in [0.25, 0.3) is 12.4 Å². The summed E-state index contributed by atoms with van der Waals surface area (Å²) < 4.78 is 0.722. The number of nitroso groups, excluding NO2 is 1. The normalized spacial score (nSPS) is 13.8. The Morgan fingerprint density at radius 3 is 3.10 bits per heavy atom. The van der Waals surface area contributed by atoms with Gasteiger partial charge in [0.1, 0.15) is 11.7 Å². The first-order chi connectivity index (χ1) is 4.86. The molecule has 1 aromatic heterocycles. The van der Waals surface area contributed by atoms with Crippen molar-refractivity contribution in [2.45, 2.75) is 0 Å². The fraction of sp³-hybridized carbons (Fsp3) is 0. The summed E-state index contributed by atoms with van der Waals surface area (Å²) in [5.41, 5.74) is 0. The van der Waals surface area contributed by atoms with Crippen molar-refractivity contribution in [3.05, 3.63) is 28.0 Å². The quantitative estimate of drug-likeness (QED) is 0.416. The largest absolute Gasteiger partial charge is 0.254 e. The minimum atomic E-state index is 0.685. The molecule has 48 valence electrons. The summed E-state index contributed by atoms with van der Waals surface area (Å²) in [7, 11) is 0. The molecule has 0 bridgehead atoms. The summed E-state index contributed by atoms with van der Waals surface area (Å²) in [6, 6.07) is 0. The standard InChI is InChI=1S/C6H4N3O/c10-9-2-5-1-7-4-8-6(5)3-9/h1-4H/q+1. The summed E-state index contributed by atoms with van der Waals surface area (Å²) >= 11 is 0. The Morgan fingerprint density at radius 2 is 2.30 bits per heavy atom. The van der Waals surface area contributed by atoms with Crippen molar-refractivity contribution in [2.24, 2.45) is 0 Å². The summed E-state index contributed by atoms with van der Waals surface area (Å²) in [6.45, 7) is 0. The highest BCUT2D eigenvalue weighted by Gasteiger charge is 2.07. The van der Waals surface area contributed by atoms with Crippen molar-refractivity contribution in [1.82, 2.24) is 9.97 Å². The molecule has 10 heavy (non-hydrogen) atoms. The molecule has 0 unspecified atom stereocenters. The zero-order valence-corrected chi connectivity index (χ0v) is 5.06. The summed E-state index contributed by atoms with van der Waals surface area (Å²) in [4.78, 5) is 18.3. The van der Waals surface area contributed by atoms with Gasteiger partial charge in [0.25, 0.3) is 6.20 Å². The van der Waals surface area contributed by atoms with Crippen molar-refractivity contribution < 1.29 is 4.76 Å². The van der Waals surface area contributed by atoms with Crippen molar-refractivity contribution in [2.75, 3.05) is 0 Å². The molecular weight excluding hydrogens is 130 g/mol. The lowest BCUT2D eigenvalue weighted by Crippen LogP contribution is -2.24. The van der Waals surface area contributed by atoms with Gasteiger partial charge in [-0.25, -0.2) is 9.97 Å². The molecule has 0 spiro atoms. The van der Waals surface area contributed by atoms with Crippen molar-refractivity contribution in [1.29, 1.82) is 0 Å². The van der Waals surface area contributed by atoms with E-state index in [0.29, 0.717) is 5.35 Å². The van der Waals surface area contributed by atoms with E-state index in [-0.39, 0.29) is 0 Å². The van der Waals surface area contributed by atoms with Crippen LogP contribution in [-0.2, 0) is 0 Å². The molecular formula is C6H4N3O+. The number of rotatable bonds is 0. The predicted molar refractivity (Wildman–Crippen MR) is 33.8 cm³/mol. The first kappa shape index (κ1) is 5.22. The third kappa shape index (κ3) is 0.621. The molecule has 0 aromatic carbocycles. The van der Waals surface area contributed by atoms with E-state index in [9.17, 15) is 4.91 Å². The van der Waals surface area contributed by atoms with E-state index in [2.05, 4.69) is 9.97 Å². The Hall–Kier alpha value is -1.58. The zero-order chi connectivity index (χ0) is 6.97. The maximum atomic E-state index is 10.6. The Balaban J connectivity index is 2.96. The highest BCUT2D eigenvalue weighted by atomic mass is 16.3. The second kappa shape index (κ2) is 1.70. The lowest BCUT2D eigenvalue weighted by Gasteiger charge is -1.73. The summed E-state index contributed by atoms with van der Waals surface area (Å²) in [6.07, 6.45) is 5.88. The maximum absolute atomic E-state index is 10.6. The Bertz CT molecular complexity index is 359. The Kier molecular flexibility index (Phi) is 0.887. The minimum Gasteiger partial charge on any atom is -0.244 e. The van der Waals surface area contributed by atoms with Crippen LogP contribution in [0.1, 0.15) is 0 Å². The molecule has 0 saturated heterocycles. The van der Waals surface area contributed by atoms with E-state index >= 15 is 0 Å². The second-order valence-electron chi connectivity index (χ2n) is 1.98. The van der Waals surface area contributed by atoms with Gasteiger partial charge in [-0.1, -0.05) is 0 Å². The van der Waals surface area contributed by atoms with E-state index in [1.807, 2.05) is 0 Å². The molecule has 0 radical (unpaired) electrons. The summed E-state index contributed by atoms with van der Waals surface area (Å²) in [5.74, 6) is 0. The molecule has 4 nitrogen and oxygen atoms in total. The minimum absolute atomic E-state index is 0.685. The Labute approximate surface area is 56.1 Å². The van der Waals surface area contributed by atoms with E-state index in [0.717, 1.165) is 9.98 Å². The van der Waals surface area contributed by atoms with Crippen LogP contribution < -0.4 is 10.6 Å². The molecule has 0 atom stereocenters. The van der Waals surface area contributed by atoms with Crippen LogP contribution in [0.5, 0.6) is 0 Å². The highest BCUT2D eigenvalue weighted by molar-refractivity contribution is 5.26. The van der Waals surface area contributed by atoms with Gasteiger partial charge in [-0.15, -0.1) is 0 Å². The van der Waals surface area contributed by atoms with Gasteiger partial charge in [-0.2, -0.15) is 0 Å². The zero-order valence-electron chi connectivity index (χ0n) is 5.06. The van der Waals surface area contributed by atoms with Crippen LogP contribution in [0.3, 0.4) is 0 Å². The van der Waals surface area contributed by atoms with Crippen LogP contribution in [0, 0.1) is 4.91 Å².